The van der Waals surface area contributed by atoms with Crippen molar-refractivity contribution >= 4 is 16.9 Å². The number of anilines is 1. The zero-order chi connectivity index (χ0) is 16.7. The summed E-state index contributed by atoms with van der Waals surface area (Å²) in [5, 5.41) is 15.1. The topological polar surface area (TPSA) is 93.1 Å². The summed E-state index contributed by atoms with van der Waals surface area (Å²) in [6.45, 7) is 2.05. The summed E-state index contributed by atoms with van der Waals surface area (Å²) in [6, 6.07) is 7.23. The van der Waals surface area contributed by atoms with E-state index in [0.29, 0.717) is 5.82 Å². The number of aromatic nitrogens is 4. The third kappa shape index (κ3) is 2.46. The van der Waals surface area contributed by atoms with E-state index in [4.69, 9.17) is 10.8 Å². The molecule has 7 nitrogen and oxygen atoms in total. The van der Waals surface area contributed by atoms with Gasteiger partial charge in [0.15, 0.2) is 5.65 Å². The van der Waals surface area contributed by atoms with E-state index in [-0.39, 0.29) is 11.8 Å². The van der Waals surface area contributed by atoms with E-state index in [2.05, 4.69) is 21.9 Å². The van der Waals surface area contributed by atoms with Crippen LogP contribution in [0.25, 0.3) is 22.3 Å². The van der Waals surface area contributed by atoms with Gasteiger partial charge in [-0.3, -0.25) is 0 Å². The number of piperidine rings is 1. The molecular weight excluding hydrogens is 304 g/mol. The third-order valence-corrected chi connectivity index (χ3v) is 4.60. The molecule has 24 heavy (non-hydrogen) atoms. The summed E-state index contributed by atoms with van der Waals surface area (Å²) in [7, 11) is 2.13. The molecule has 7 heteroatoms. The van der Waals surface area contributed by atoms with Crippen molar-refractivity contribution in [3.8, 4) is 17.0 Å². The Morgan fingerprint density at radius 2 is 2.00 bits per heavy atom. The molecule has 0 aliphatic carbocycles. The van der Waals surface area contributed by atoms with Gasteiger partial charge in [-0.05, 0) is 50.7 Å². The fourth-order valence-corrected chi connectivity index (χ4v) is 3.41. The quantitative estimate of drug-likeness (QED) is 0.749. The van der Waals surface area contributed by atoms with E-state index >= 15 is 0 Å². The largest absolute Gasteiger partial charge is 0.508 e. The van der Waals surface area contributed by atoms with E-state index in [0.717, 1.165) is 48.2 Å². The van der Waals surface area contributed by atoms with Gasteiger partial charge in [0.05, 0.1) is 11.4 Å². The standard InChI is InChI=1S/C17H20N6O/c1-22-8-2-3-12(9-22)23-17-14(16(18)19-10-20-17)15(21-23)11-4-6-13(24)7-5-11/h4-7,10,12,24H,2-3,8-9H2,1H3,(H2,18,19,20). The predicted octanol–water partition coefficient (Wildman–Crippen LogP) is 2.05. The molecule has 1 saturated heterocycles. The third-order valence-electron chi connectivity index (χ3n) is 4.60. The first-order valence-corrected chi connectivity index (χ1v) is 8.10. The number of hydrogen-bond acceptors (Lipinski definition) is 6. The number of likely N-dealkylation sites (tertiary alicyclic amines) is 1. The van der Waals surface area contributed by atoms with Gasteiger partial charge in [0.2, 0.25) is 0 Å². The lowest BCUT2D eigenvalue weighted by molar-refractivity contribution is 0.205. The lowest BCUT2D eigenvalue weighted by atomic mass is 10.1. The molecule has 3 heterocycles. The summed E-state index contributed by atoms with van der Waals surface area (Å²) in [6.07, 6.45) is 3.70. The molecule has 1 fully saturated rings. The van der Waals surface area contributed by atoms with E-state index in [1.165, 1.54) is 6.33 Å². The van der Waals surface area contributed by atoms with Crippen LogP contribution in [-0.2, 0) is 0 Å². The van der Waals surface area contributed by atoms with Crippen molar-refractivity contribution in [3.63, 3.8) is 0 Å². The van der Waals surface area contributed by atoms with Crippen LogP contribution in [0.2, 0.25) is 0 Å². The fraction of sp³-hybridized carbons (Fsp3) is 0.353. The highest BCUT2D eigenvalue weighted by Crippen LogP contribution is 2.33. The zero-order valence-corrected chi connectivity index (χ0v) is 13.6. The minimum absolute atomic E-state index is 0.223. The normalized spacial score (nSPS) is 19.0. The number of aromatic hydroxyl groups is 1. The number of likely N-dealkylation sites (N-methyl/N-ethyl adjacent to an activating group) is 1. The van der Waals surface area contributed by atoms with E-state index in [1.54, 1.807) is 12.1 Å². The van der Waals surface area contributed by atoms with Crippen LogP contribution in [0.4, 0.5) is 5.82 Å². The minimum Gasteiger partial charge on any atom is -0.508 e. The zero-order valence-electron chi connectivity index (χ0n) is 13.6. The second kappa shape index (κ2) is 5.76. The summed E-state index contributed by atoms with van der Waals surface area (Å²) in [4.78, 5) is 10.9. The van der Waals surface area contributed by atoms with Crippen LogP contribution in [0, 0.1) is 0 Å². The Kier molecular flexibility index (Phi) is 3.57. The van der Waals surface area contributed by atoms with Crippen LogP contribution < -0.4 is 5.73 Å². The monoisotopic (exact) mass is 324 g/mol. The Bertz CT molecular complexity index is 873. The van der Waals surface area contributed by atoms with Crippen molar-refractivity contribution in [2.75, 3.05) is 25.9 Å². The first-order chi connectivity index (χ1) is 11.6. The molecule has 0 radical (unpaired) electrons. The van der Waals surface area contributed by atoms with Crippen molar-refractivity contribution in [3.05, 3.63) is 30.6 Å². The van der Waals surface area contributed by atoms with E-state index in [9.17, 15) is 5.11 Å². The second-order valence-electron chi connectivity index (χ2n) is 6.36. The smallest absolute Gasteiger partial charge is 0.164 e. The SMILES string of the molecule is CN1CCCC(n2nc(-c3ccc(O)cc3)c3c(N)ncnc32)C1. The van der Waals surface area contributed by atoms with Crippen molar-refractivity contribution in [1.82, 2.24) is 24.6 Å². The molecule has 1 atom stereocenters. The molecule has 3 N–H and O–H groups in total. The highest BCUT2D eigenvalue weighted by Gasteiger charge is 2.25. The lowest BCUT2D eigenvalue weighted by Gasteiger charge is -2.29. The number of rotatable bonds is 2. The van der Waals surface area contributed by atoms with Gasteiger partial charge in [0, 0.05) is 12.1 Å². The van der Waals surface area contributed by atoms with Crippen molar-refractivity contribution in [2.45, 2.75) is 18.9 Å². The highest BCUT2D eigenvalue weighted by molar-refractivity contribution is 5.98. The lowest BCUT2D eigenvalue weighted by Crippen LogP contribution is -2.34. The molecule has 2 aromatic heterocycles. The molecule has 1 aromatic carbocycles. The van der Waals surface area contributed by atoms with Gasteiger partial charge in [-0.2, -0.15) is 5.10 Å². The number of nitrogens with zero attached hydrogens (tertiary/aromatic N) is 5. The summed E-state index contributed by atoms with van der Waals surface area (Å²) >= 11 is 0. The molecule has 0 saturated carbocycles. The maximum atomic E-state index is 9.53. The molecular formula is C17H20N6O. The van der Waals surface area contributed by atoms with Crippen LogP contribution in [0.1, 0.15) is 18.9 Å². The van der Waals surface area contributed by atoms with Crippen molar-refractivity contribution < 1.29 is 5.11 Å². The average Bonchev–Trinajstić information content (AvgIpc) is 2.97. The van der Waals surface area contributed by atoms with Gasteiger partial charge in [-0.15, -0.1) is 0 Å². The van der Waals surface area contributed by atoms with Gasteiger partial charge in [-0.1, -0.05) is 0 Å². The maximum absolute atomic E-state index is 9.53. The molecule has 1 aliphatic heterocycles. The predicted molar refractivity (Wildman–Crippen MR) is 92.6 cm³/mol. The minimum atomic E-state index is 0.223. The van der Waals surface area contributed by atoms with Crippen LogP contribution >= 0.6 is 0 Å². The molecule has 124 valence electrons. The molecule has 3 aromatic rings. The van der Waals surface area contributed by atoms with Gasteiger partial charge >= 0.3 is 0 Å². The average molecular weight is 324 g/mol. The van der Waals surface area contributed by atoms with Crippen LogP contribution in [0.15, 0.2) is 30.6 Å². The van der Waals surface area contributed by atoms with Crippen LogP contribution in [-0.4, -0.2) is 49.9 Å². The number of phenols is 1. The number of phenolic OH excluding ortho intramolecular Hbond substituents is 1. The van der Waals surface area contributed by atoms with E-state index in [1.807, 2.05) is 16.8 Å². The van der Waals surface area contributed by atoms with Gasteiger partial charge in [0.1, 0.15) is 23.6 Å². The first-order valence-electron chi connectivity index (χ1n) is 8.10. The fourth-order valence-electron chi connectivity index (χ4n) is 3.41. The Hall–Kier alpha value is -2.67. The van der Waals surface area contributed by atoms with Crippen molar-refractivity contribution in [2.24, 2.45) is 0 Å². The van der Waals surface area contributed by atoms with E-state index < -0.39 is 0 Å². The van der Waals surface area contributed by atoms with Crippen LogP contribution in [0.5, 0.6) is 5.75 Å². The molecule has 4 rings (SSSR count). The number of benzene rings is 1. The Morgan fingerprint density at radius 1 is 1.21 bits per heavy atom. The Morgan fingerprint density at radius 3 is 2.75 bits per heavy atom. The summed E-state index contributed by atoms with van der Waals surface area (Å²) in [5.41, 5.74) is 8.55. The number of fused-ring (bicyclic) bond motifs is 1. The van der Waals surface area contributed by atoms with Crippen LogP contribution in [0.3, 0.4) is 0 Å². The van der Waals surface area contributed by atoms with Gasteiger partial charge in [0.25, 0.3) is 0 Å². The molecule has 1 unspecified atom stereocenters. The molecule has 0 bridgehead atoms. The molecule has 0 spiro atoms. The van der Waals surface area contributed by atoms with Gasteiger partial charge in [-0.25, -0.2) is 14.6 Å². The number of nitrogens with two attached hydrogens (primary N) is 1. The second-order valence-corrected chi connectivity index (χ2v) is 6.36. The van der Waals surface area contributed by atoms with Gasteiger partial charge < -0.3 is 15.7 Å². The summed E-state index contributed by atoms with van der Waals surface area (Å²) < 4.78 is 1.99. The first kappa shape index (κ1) is 14.9. The number of hydrogen-bond donors (Lipinski definition) is 2. The van der Waals surface area contributed by atoms with Crippen molar-refractivity contribution in [1.29, 1.82) is 0 Å². The molecule has 0 amide bonds. The summed E-state index contributed by atoms with van der Waals surface area (Å²) in [5.74, 6) is 0.652. The number of nitrogen functional groups attached to an aromatic ring is 1. The molecule has 1 aliphatic rings. The Balaban J connectivity index is 1.89. The Labute approximate surface area is 139 Å². The maximum Gasteiger partial charge on any atom is 0.164 e. The highest BCUT2D eigenvalue weighted by atomic mass is 16.3.